The van der Waals surface area contributed by atoms with Crippen LogP contribution in [0.2, 0.25) is 0 Å². The van der Waals surface area contributed by atoms with Gasteiger partial charge in [0.05, 0.1) is 22.8 Å². The molecule has 0 aliphatic heterocycles. The zero-order valence-corrected chi connectivity index (χ0v) is 15.3. The van der Waals surface area contributed by atoms with Gasteiger partial charge in [0, 0.05) is 32.7 Å². The van der Waals surface area contributed by atoms with Gasteiger partial charge >= 0.3 is 0 Å². The van der Waals surface area contributed by atoms with E-state index in [2.05, 4.69) is 15.4 Å². The minimum absolute atomic E-state index is 0.229. The monoisotopic (exact) mass is 377 g/mol. The zero-order chi connectivity index (χ0) is 19.9. The number of ether oxygens (including phenoxy) is 1. The Kier molecular flexibility index (Phi) is 5.99. The largest absolute Gasteiger partial charge is 0.385 e. The van der Waals surface area contributed by atoms with Crippen molar-refractivity contribution in [3.8, 4) is 23.0 Å². The standard InChI is InChI=1S/C20H19N5O3/c1-28-10-2-9-22-19(26)16-7-8-18(23-12-16)25-20(27)17(13-24-25)15-5-3-14(11-21)4-6-15/h3-8,12-13,24H,2,9-10H2,1H3,(H,22,26). The van der Waals surface area contributed by atoms with E-state index in [0.29, 0.717) is 41.2 Å². The lowest BCUT2D eigenvalue weighted by Crippen LogP contribution is -2.25. The number of nitriles is 1. The number of hydrogen-bond acceptors (Lipinski definition) is 5. The van der Waals surface area contributed by atoms with E-state index in [4.69, 9.17) is 10.00 Å². The maximum Gasteiger partial charge on any atom is 0.280 e. The molecule has 142 valence electrons. The SMILES string of the molecule is COCCCNC(=O)c1ccc(-n2[nH]cc(-c3ccc(C#N)cc3)c2=O)nc1. The van der Waals surface area contributed by atoms with Crippen molar-refractivity contribution < 1.29 is 9.53 Å². The van der Waals surface area contributed by atoms with Crippen molar-refractivity contribution in [2.24, 2.45) is 0 Å². The van der Waals surface area contributed by atoms with E-state index in [1.165, 1.54) is 10.9 Å². The molecule has 0 fully saturated rings. The van der Waals surface area contributed by atoms with Crippen molar-refractivity contribution in [2.45, 2.75) is 6.42 Å². The fourth-order valence-electron chi connectivity index (χ4n) is 2.64. The van der Waals surface area contributed by atoms with Crippen molar-refractivity contribution in [2.75, 3.05) is 20.3 Å². The molecule has 0 aliphatic rings. The summed E-state index contributed by atoms with van der Waals surface area (Å²) in [5.41, 5.74) is 1.83. The summed E-state index contributed by atoms with van der Waals surface area (Å²) in [6.07, 6.45) is 3.74. The van der Waals surface area contributed by atoms with Gasteiger partial charge in [-0.25, -0.2) is 9.67 Å². The van der Waals surface area contributed by atoms with Gasteiger partial charge < -0.3 is 10.1 Å². The number of benzene rings is 1. The molecule has 2 N–H and O–H groups in total. The van der Waals surface area contributed by atoms with E-state index >= 15 is 0 Å². The molecule has 8 nitrogen and oxygen atoms in total. The molecule has 3 aromatic rings. The number of aromatic nitrogens is 3. The summed E-state index contributed by atoms with van der Waals surface area (Å²) in [6.45, 7) is 1.09. The average Bonchev–Trinajstić information content (AvgIpc) is 3.12. The van der Waals surface area contributed by atoms with Crippen LogP contribution >= 0.6 is 0 Å². The summed E-state index contributed by atoms with van der Waals surface area (Å²) in [4.78, 5) is 29.0. The topological polar surface area (TPSA) is 113 Å². The number of amides is 1. The number of nitrogens with zero attached hydrogens (tertiary/aromatic N) is 3. The summed E-state index contributed by atoms with van der Waals surface area (Å²) >= 11 is 0. The fourth-order valence-corrected chi connectivity index (χ4v) is 2.64. The molecular formula is C20H19N5O3. The van der Waals surface area contributed by atoms with Gasteiger partial charge in [0.25, 0.3) is 11.5 Å². The van der Waals surface area contributed by atoms with Crippen molar-refractivity contribution in [1.29, 1.82) is 5.26 Å². The van der Waals surface area contributed by atoms with Crippen LogP contribution in [0, 0.1) is 11.3 Å². The lowest BCUT2D eigenvalue weighted by Gasteiger charge is -2.05. The van der Waals surface area contributed by atoms with E-state index in [0.717, 1.165) is 6.42 Å². The van der Waals surface area contributed by atoms with Crippen LogP contribution in [-0.2, 0) is 4.74 Å². The molecule has 1 aromatic carbocycles. The van der Waals surface area contributed by atoms with Crippen LogP contribution in [0.4, 0.5) is 0 Å². The number of aromatic amines is 1. The van der Waals surface area contributed by atoms with Gasteiger partial charge in [-0.2, -0.15) is 5.26 Å². The normalized spacial score (nSPS) is 10.4. The fraction of sp³-hybridized carbons (Fsp3) is 0.200. The molecule has 8 heteroatoms. The third-order valence-corrected chi connectivity index (χ3v) is 4.15. The Morgan fingerprint density at radius 2 is 2.07 bits per heavy atom. The van der Waals surface area contributed by atoms with Crippen molar-refractivity contribution >= 4 is 5.91 Å². The smallest absolute Gasteiger partial charge is 0.280 e. The quantitative estimate of drug-likeness (QED) is 0.610. The average molecular weight is 377 g/mol. The van der Waals surface area contributed by atoms with E-state index in [1.54, 1.807) is 49.7 Å². The first-order valence-electron chi connectivity index (χ1n) is 8.68. The van der Waals surface area contributed by atoms with Crippen molar-refractivity contribution in [1.82, 2.24) is 20.1 Å². The van der Waals surface area contributed by atoms with Gasteiger partial charge in [-0.05, 0) is 36.2 Å². The summed E-state index contributed by atoms with van der Waals surface area (Å²) in [6, 6.07) is 12.0. The van der Waals surface area contributed by atoms with Crippen molar-refractivity contribution in [3.05, 3.63) is 70.3 Å². The first-order valence-corrected chi connectivity index (χ1v) is 8.68. The number of pyridine rings is 1. The number of rotatable bonds is 7. The number of nitrogens with one attached hydrogen (secondary N) is 2. The van der Waals surface area contributed by atoms with E-state index in [-0.39, 0.29) is 11.5 Å². The molecule has 0 bridgehead atoms. The van der Waals surface area contributed by atoms with Crippen LogP contribution in [0.25, 0.3) is 16.9 Å². The molecular weight excluding hydrogens is 358 g/mol. The molecule has 0 saturated heterocycles. The predicted molar refractivity (Wildman–Crippen MR) is 103 cm³/mol. The van der Waals surface area contributed by atoms with Gasteiger partial charge in [-0.3, -0.25) is 14.7 Å². The molecule has 0 saturated carbocycles. The Hall–Kier alpha value is -3.70. The van der Waals surface area contributed by atoms with E-state index in [1.807, 2.05) is 6.07 Å². The number of methoxy groups -OCH3 is 1. The molecule has 0 aliphatic carbocycles. The number of hydrogen-bond donors (Lipinski definition) is 2. The van der Waals surface area contributed by atoms with Gasteiger partial charge in [-0.15, -0.1) is 0 Å². The third-order valence-electron chi connectivity index (χ3n) is 4.15. The Bertz CT molecular complexity index is 1040. The molecule has 0 spiro atoms. The van der Waals surface area contributed by atoms with E-state index < -0.39 is 0 Å². The lowest BCUT2D eigenvalue weighted by atomic mass is 10.1. The first kappa shape index (κ1) is 19.1. The minimum atomic E-state index is -0.269. The zero-order valence-electron chi connectivity index (χ0n) is 15.3. The van der Waals surface area contributed by atoms with Crippen LogP contribution in [0.1, 0.15) is 22.3 Å². The Balaban J connectivity index is 1.75. The molecule has 2 heterocycles. The van der Waals surface area contributed by atoms with Crippen molar-refractivity contribution in [3.63, 3.8) is 0 Å². The number of carbonyl (C=O) groups is 1. The lowest BCUT2D eigenvalue weighted by molar-refractivity contribution is 0.0948. The molecule has 0 radical (unpaired) electrons. The molecule has 28 heavy (non-hydrogen) atoms. The summed E-state index contributed by atoms with van der Waals surface area (Å²) in [5, 5.41) is 14.5. The molecule has 3 rings (SSSR count). The van der Waals surface area contributed by atoms with Gasteiger partial charge in [0.15, 0.2) is 5.82 Å². The summed E-state index contributed by atoms with van der Waals surface area (Å²) in [5.74, 6) is 0.146. The summed E-state index contributed by atoms with van der Waals surface area (Å²) < 4.78 is 6.24. The van der Waals surface area contributed by atoms with Crippen LogP contribution in [0.5, 0.6) is 0 Å². The van der Waals surface area contributed by atoms with Gasteiger partial charge in [0.1, 0.15) is 0 Å². The molecule has 1 amide bonds. The molecule has 2 aromatic heterocycles. The molecule has 0 unspecified atom stereocenters. The van der Waals surface area contributed by atoms with Gasteiger partial charge in [0.2, 0.25) is 0 Å². The van der Waals surface area contributed by atoms with Crippen LogP contribution in [0.3, 0.4) is 0 Å². The maximum absolute atomic E-state index is 12.7. The second-order valence-corrected chi connectivity index (χ2v) is 6.02. The highest BCUT2D eigenvalue weighted by molar-refractivity contribution is 5.93. The third kappa shape index (κ3) is 4.16. The molecule has 0 atom stereocenters. The maximum atomic E-state index is 12.7. The number of H-pyrrole nitrogens is 1. The Morgan fingerprint density at radius 3 is 2.71 bits per heavy atom. The van der Waals surface area contributed by atoms with Gasteiger partial charge in [-0.1, -0.05) is 12.1 Å². The Labute approximate surface area is 161 Å². The van der Waals surface area contributed by atoms with Crippen LogP contribution in [-0.4, -0.2) is 40.9 Å². The highest BCUT2D eigenvalue weighted by Gasteiger charge is 2.12. The van der Waals surface area contributed by atoms with E-state index in [9.17, 15) is 9.59 Å². The first-order chi connectivity index (χ1) is 13.6. The minimum Gasteiger partial charge on any atom is -0.385 e. The second-order valence-electron chi connectivity index (χ2n) is 6.02. The number of carbonyl (C=O) groups excluding carboxylic acids is 1. The summed E-state index contributed by atoms with van der Waals surface area (Å²) in [7, 11) is 1.61. The van der Waals surface area contributed by atoms with Crippen LogP contribution in [0.15, 0.2) is 53.6 Å². The Morgan fingerprint density at radius 1 is 1.29 bits per heavy atom. The van der Waals surface area contributed by atoms with Crippen LogP contribution < -0.4 is 10.9 Å². The highest BCUT2D eigenvalue weighted by Crippen LogP contribution is 2.16. The second kappa shape index (κ2) is 8.79. The predicted octanol–water partition coefficient (Wildman–Crippen LogP) is 1.87. The highest BCUT2D eigenvalue weighted by atomic mass is 16.5.